The monoisotopic (exact) mass is 615 g/mol. The average Bonchev–Trinajstić information content (AvgIpc) is 3.39. The van der Waals surface area contributed by atoms with Gasteiger partial charge in [-0.05, 0) is 0 Å². The van der Waals surface area contributed by atoms with Crippen molar-refractivity contribution in [2.75, 3.05) is 18.9 Å². The van der Waals surface area contributed by atoms with E-state index in [4.69, 9.17) is 20.3 Å². The van der Waals surface area contributed by atoms with Crippen molar-refractivity contribution in [1.29, 1.82) is 0 Å². The molecule has 224 valence electrons. The Kier molecular flexibility index (Phi) is 8.91. The van der Waals surface area contributed by atoms with Gasteiger partial charge in [0.05, 0.1) is 12.9 Å². The number of aliphatic hydroxyl groups excluding tert-OH is 5. The summed E-state index contributed by atoms with van der Waals surface area (Å²) >= 11 is 0. The maximum atomic E-state index is 12.2. The Morgan fingerprint density at radius 2 is 1.80 bits per heavy atom. The predicted octanol–water partition coefficient (Wildman–Crippen LogP) is -5.29. The number of ether oxygens (including phenoxy) is 2. The number of Topliss-reactive ketones (excluding diaryl/α,β-unsaturated/α-hetero) is 1. The molecule has 2 aliphatic rings. The molecule has 0 bridgehead atoms. The molecule has 4 rings (SSSR count). The molecular formula is C17H23N5O16P2-2. The highest BCUT2D eigenvalue weighted by Gasteiger charge is 2.47. The van der Waals surface area contributed by atoms with Crippen LogP contribution < -0.4 is 21.1 Å². The van der Waals surface area contributed by atoms with Gasteiger partial charge >= 0.3 is 0 Å². The molecule has 2 aliphatic heterocycles. The summed E-state index contributed by atoms with van der Waals surface area (Å²) in [4.78, 5) is 58.0. The molecule has 2 unspecified atom stereocenters. The van der Waals surface area contributed by atoms with Crippen molar-refractivity contribution in [2.45, 2.75) is 55.6 Å². The van der Waals surface area contributed by atoms with E-state index in [9.17, 15) is 48.9 Å². The Balaban J connectivity index is 1.39. The number of nitrogens with two attached hydrogens (primary N) is 1. The second-order valence-corrected chi connectivity index (χ2v) is 11.5. The number of nitrogens with one attached hydrogen (secondary N) is 1. The predicted molar refractivity (Wildman–Crippen MR) is 119 cm³/mol. The summed E-state index contributed by atoms with van der Waals surface area (Å²) in [5, 5.41) is 49.3. The highest BCUT2D eigenvalue weighted by atomic mass is 31.3. The first-order valence-corrected chi connectivity index (χ1v) is 14.1. The summed E-state index contributed by atoms with van der Waals surface area (Å²) in [6, 6.07) is 0. The van der Waals surface area contributed by atoms with E-state index in [0.717, 1.165) is 10.9 Å². The molecule has 0 saturated carbocycles. The van der Waals surface area contributed by atoms with Crippen LogP contribution >= 0.6 is 15.6 Å². The van der Waals surface area contributed by atoms with E-state index >= 15 is 0 Å². The Bertz CT molecular complexity index is 1400. The number of hydrogen-bond donors (Lipinski definition) is 7. The zero-order valence-corrected chi connectivity index (χ0v) is 21.6. The van der Waals surface area contributed by atoms with Gasteiger partial charge in [-0.15, -0.1) is 0 Å². The molecule has 2 saturated heterocycles. The smallest absolute Gasteiger partial charge is 0.280 e. The molecule has 2 aromatic heterocycles. The van der Waals surface area contributed by atoms with Crippen molar-refractivity contribution >= 4 is 38.5 Å². The summed E-state index contributed by atoms with van der Waals surface area (Å²) in [6.07, 6.45) is -14.3. The lowest BCUT2D eigenvalue weighted by Crippen LogP contribution is -2.56. The van der Waals surface area contributed by atoms with E-state index in [1.165, 1.54) is 0 Å². The van der Waals surface area contributed by atoms with Crippen molar-refractivity contribution in [3.8, 4) is 0 Å². The Morgan fingerprint density at radius 3 is 2.48 bits per heavy atom. The molecule has 0 aromatic carbocycles. The van der Waals surface area contributed by atoms with Gasteiger partial charge < -0.3 is 55.1 Å². The number of aromatic amines is 1. The first-order chi connectivity index (χ1) is 18.6. The van der Waals surface area contributed by atoms with E-state index < -0.39 is 95.8 Å². The van der Waals surface area contributed by atoms with E-state index in [1.807, 2.05) is 0 Å². The zero-order valence-electron chi connectivity index (χ0n) is 19.9. The largest absolute Gasteiger partial charge is 0.756 e. The van der Waals surface area contributed by atoms with Gasteiger partial charge in [0.2, 0.25) is 5.95 Å². The lowest BCUT2D eigenvalue weighted by atomic mass is 9.99. The van der Waals surface area contributed by atoms with Gasteiger partial charge in [-0.25, -0.2) is 9.29 Å². The number of nitrogen functional groups attached to an aromatic ring is 1. The fourth-order valence-electron chi connectivity index (χ4n) is 3.92. The third kappa shape index (κ3) is 6.32. The van der Waals surface area contributed by atoms with E-state index in [1.54, 1.807) is 0 Å². The number of carbonyl (C=O) groups is 1. The van der Waals surface area contributed by atoms with Gasteiger partial charge in [-0.2, -0.15) is 4.98 Å². The van der Waals surface area contributed by atoms with Gasteiger partial charge in [0.25, 0.3) is 21.2 Å². The second kappa shape index (κ2) is 11.6. The number of anilines is 1. The molecular weight excluding hydrogens is 592 g/mol. The number of H-pyrrole nitrogens is 1. The number of ketones is 1. The number of aliphatic hydroxyl groups is 5. The van der Waals surface area contributed by atoms with Crippen molar-refractivity contribution < 1.29 is 72.1 Å². The van der Waals surface area contributed by atoms with Gasteiger partial charge in [-0.1, -0.05) is 0 Å². The molecule has 40 heavy (non-hydrogen) atoms. The first kappa shape index (κ1) is 30.8. The fourth-order valence-corrected chi connectivity index (χ4v) is 6.00. The molecule has 2 fully saturated rings. The van der Waals surface area contributed by atoms with Gasteiger partial charge in [0.15, 0.2) is 29.5 Å². The Labute approximate surface area is 221 Å². The molecule has 4 heterocycles. The molecule has 21 nitrogen and oxygen atoms in total. The standard InChI is InChI=1S/C17H25N5O16P2/c18-17-20-13-7(14(29)21-17)19-4-22(13)15-11(27)9(25)6(35-15)3-34-39(30,31)38-40(32,33)37-16-12(28)10(26)8(24)5(36-16)1-2-23/h4-6,9-12,15-16,23,25-28H,1-3H2,(H,30,31)(H,32,33)(H3,18,20,21,29)/p-2/t5-,6-,9-,10-,11-,12+,15-,16-/m1/s1. The lowest BCUT2D eigenvalue weighted by Gasteiger charge is -2.39. The average molecular weight is 615 g/mol. The number of aromatic nitrogens is 4. The Hall–Kier alpha value is -2.20. The molecule has 0 radical (unpaired) electrons. The normalized spacial score (nSPS) is 34.1. The van der Waals surface area contributed by atoms with Gasteiger partial charge in [0.1, 0.15) is 36.6 Å². The summed E-state index contributed by atoms with van der Waals surface area (Å²) in [7, 11) is -11.7. The molecule has 8 N–H and O–H groups in total. The van der Waals surface area contributed by atoms with E-state index in [0.29, 0.717) is 0 Å². The van der Waals surface area contributed by atoms with E-state index in [2.05, 4.69) is 28.3 Å². The van der Waals surface area contributed by atoms with Crippen molar-refractivity contribution in [3.05, 3.63) is 16.7 Å². The zero-order chi connectivity index (χ0) is 29.6. The Morgan fingerprint density at radius 1 is 1.10 bits per heavy atom. The molecule has 10 atom stereocenters. The fraction of sp³-hybridized carbons (Fsp3) is 0.647. The van der Waals surface area contributed by atoms with Gasteiger partial charge in [0, 0.05) is 13.0 Å². The first-order valence-electron chi connectivity index (χ1n) is 11.2. The number of fused-ring (bicyclic) bond motifs is 1. The molecule has 2 aromatic rings. The highest BCUT2D eigenvalue weighted by molar-refractivity contribution is 7.59. The van der Waals surface area contributed by atoms with Crippen LogP contribution in [0.5, 0.6) is 0 Å². The number of carbonyl (C=O) groups excluding carboxylic acids is 1. The van der Waals surface area contributed by atoms with Crippen LogP contribution in [0.25, 0.3) is 11.2 Å². The minimum Gasteiger partial charge on any atom is -0.756 e. The number of rotatable bonds is 10. The van der Waals surface area contributed by atoms with Crippen molar-refractivity contribution in [2.24, 2.45) is 0 Å². The third-order valence-electron chi connectivity index (χ3n) is 5.79. The lowest BCUT2D eigenvalue weighted by molar-refractivity contribution is -0.278. The minimum absolute atomic E-state index is 0.137. The molecule has 23 heteroatoms. The topological polar surface area (TPSA) is 334 Å². The minimum atomic E-state index is -5.93. The molecule has 0 aliphatic carbocycles. The van der Waals surface area contributed by atoms with Crippen LogP contribution in [0.4, 0.5) is 5.95 Å². The SMILES string of the molecule is Nc1nc2c(ncn2[C@@H]2O[C@H](COP(=O)([O-])OP(=O)([O-])O[C@H]3O[C@H](CCO)C(=O)[C@@H](O)[C@@H]3O)[C@@H](O)[C@H]2O)c(=O)[nH]1. The summed E-state index contributed by atoms with van der Waals surface area (Å²) in [6.45, 7) is -1.71. The maximum absolute atomic E-state index is 12.2. The van der Waals surface area contributed by atoms with Crippen LogP contribution in [0.15, 0.2) is 11.1 Å². The van der Waals surface area contributed by atoms with E-state index in [-0.39, 0.29) is 17.1 Å². The quantitative estimate of drug-likeness (QED) is 0.123. The third-order valence-corrected chi connectivity index (χ3v) is 8.32. The van der Waals surface area contributed by atoms with Crippen molar-refractivity contribution in [3.63, 3.8) is 0 Å². The molecule has 0 spiro atoms. The number of hydrogen-bond acceptors (Lipinski definition) is 19. The van der Waals surface area contributed by atoms with Crippen molar-refractivity contribution in [1.82, 2.24) is 19.5 Å². The summed E-state index contributed by atoms with van der Waals surface area (Å²) in [5.74, 6) is -1.37. The van der Waals surface area contributed by atoms with Gasteiger partial charge in [-0.3, -0.25) is 32.8 Å². The molecule has 0 amide bonds. The summed E-state index contributed by atoms with van der Waals surface area (Å²) < 4.78 is 48.4. The maximum Gasteiger partial charge on any atom is 0.280 e. The summed E-state index contributed by atoms with van der Waals surface area (Å²) in [5.41, 5.74) is 4.48. The van der Waals surface area contributed by atoms with Crippen LogP contribution in [0, 0.1) is 0 Å². The number of imidazole rings is 1. The van der Waals surface area contributed by atoms with Crippen LogP contribution in [0.3, 0.4) is 0 Å². The number of phosphoric ester groups is 2. The number of phosphoric acid groups is 2. The highest BCUT2D eigenvalue weighted by Crippen LogP contribution is 2.57. The van der Waals surface area contributed by atoms with Crippen LogP contribution in [0.1, 0.15) is 12.6 Å². The van der Waals surface area contributed by atoms with Crippen LogP contribution in [-0.2, 0) is 36.8 Å². The number of nitrogens with zero attached hydrogens (tertiary/aromatic N) is 3. The van der Waals surface area contributed by atoms with Crippen LogP contribution in [0.2, 0.25) is 0 Å². The van der Waals surface area contributed by atoms with Crippen LogP contribution in [-0.4, -0.2) is 107 Å². The second-order valence-electron chi connectivity index (χ2n) is 8.54.